The first kappa shape index (κ1) is 75.9. The first-order chi connectivity index (χ1) is 43.2. The second-order valence-electron chi connectivity index (χ2n) is 34.3. The Hall–Kier alpha value is -4.44. The van der Waals surface area contributed by atoms with Crippen LogP contribution in [0.3, 0.4) is 0 Å². The number of carbonyl (C=O) groups is 6. The second kappa shape index (κ2) is 29.3. The van der Waals surface area contributed by atoms with E-state index in [4.69, 9.17) is 33.5 Å². The average molecular weight is 1310 g/mol. The first-order valence-corrected chi connectivity index (χ1v) is 36.4. The third-order valence-corrected chi connectivity index (χ3v) is 25.0. The van der Waals surface area contributed by atoms with E-state index in [2.05, 4.69) is 48.5 Å². The minimum absolute atomic E-state index is 0.0226. The number of hydrogen-bond acceptors (Lipinski definition) is 16. The fourth-order valence-electron chi connectivity index (χ4n) is 17.8. The van der Waals surface area contributed by atoms with Crippen LogP contribution in [-0.2, 0) is 57.2 Å². The molecule has 528 valence electrons. The maximum atomic E-state index is 12.8. The lowest BCUT2D eigenvalue weighted by Crippen LogP contribution is -2.67. The minimum Gasteiger partial charge on any atom is -0.504 e. The van der Waals surface area contributed by atoms with E-state index in [9.17, 15) is 44.1 Å². The molecule has 13 fully saturated rings. The van der Waals surface area contributed by atoms with Crippen LogP contribution in [0.25, 0.3) is 0 Å². The molecule has 0 amide bonds. The van der Waals surface area contributed by atoms with Crippen molar-refractivity contribution in [1.82, 2.24) is 0 Å². The molecule has 1 aromatic carbocycles. The van der Waals surface area contributed by atoms with Crippen molar-refractivity contribution in [2.45, 2.75) is 325 Å². The van der Waals surface area contributed by atoms with Gasteiger partial charge in [-0.1, -0.05) is 75.3 Å². The number of phenolic OH excluding ortho intramolecular Hbond substituents is 2. The lowest BCUT2D eigenvalue weighted by molar-refractivity contribution is -0.264. The largest absolute Gasteiger partial charge is 0.504 e. The summed E-state index contributed by atoms with van der Waals surface area (Å²) in [6, 6.07) is 4.98. The van der Waals surface area contributed by atoms with E-state index in [1.165, 1.54) is 51.0 Å². The molecule has 1 aromatic rings. The van der Waals surface area contributed by atoms with Crippen molar-refractivity contribution in [3.8, 4) is 11.5 Å². The van der Waals surface area contributed by atoms with Crippen molar-refractivity contribution in [3.05, 3.63) is 23.8 Å². The van der Waals surface area contributed by atoms with Gasteiger partial charge in [0.25, 0.3) is 0 Å². The summed E-state index contributed by atoms with van der Waals surface area (Å²) in [7, 11) is 0. The number of esters is 6. The normalized spacial score (nSPS) is 33.4. The van der Waals surface area contributed by atoms with Crippen LogP contribution in [0.5, 0.6) is 11.5 Å². The van der Waals surface area contributed by atoms with Gasteiger partial charge < -0.3 is 48.8 Å². The molecule has 11 aliphatic carbocycles. The summed E-state index contributed by atoms with van der Waals surface area (Å²) in [5.41, 5.74) is -3.43. The number of fused-ring (bicyclic) bond motifs is 1. The molecule has 2 aliphatic heterocycles. The van der Waals surface area contributed by atoms with Crippen molar-refractivity contribution in [2.24, 2.45) is 80.8 Å². The highest BCUT2D eigenvalue weighted by molar-refractivity contribution is 5.80. The van der Waals surface area contributed by atoms with Gasteiger partial charge in [0.2, 0.25) is 0 Å². The Kier molecular flexibility index (Phi) is 23.9. The molecule has 13 aliphatic rings. The van der Waals surface area contributed by atoms with Crippen LogP contribution in [0.15, 0.2) is 18.2 Å². The van der Waals surface area contributed by atoms with E-state index in [0.29, 0.717) is 61.2 Å². The molecule has 16 heteroatoms. The summed E-state index contributed by atoms with van der Waals surface area (Å²) >= 11 is 0. The quantitative estimate of drug-likeness (QED) is 0.0607. The number of hydrogen-bond donors (Lipinski definition) is 4. The van der Waals surface area contributed by atoms with Crippen LogP contribution in [0.4, 0.5) is 0 Å². The molecular weight excluding hydrogens is 1180 g/mol. The SMILES string of the molecule is CCC(C)(C)C(=O)OC1(C(C)C)C2CC3CC(C2)CC1C3.CCC(C)(C)C(=O)OC1(C(C)C)CCCC1.CCC(C)(C)C(=O)OC12CC3CC(O)(CC(O)(C3)C1)C2.CCC(C)(C)C(=O)OCC(=O)OC1C2CC3CC(C2)C(=O)OC1C3.CCC(C)c1ccc(O)c(O)c1. The Balaban J connectivity index is 0.000000168. The molecule has 0 spiro atoms. The number of carbonyl (C=O) groups excluding carboxylic acids is 6. The number of aromatic hydroxyl groups is 2. The highest BCUT2D eigenvalue weighted by Crippen LogP contribution is 2.63. The monoisotopic (exact) mass is 1300 g/mol. The summed E-state index contributed by atoms with van der Waals surface area (Å²) < 4.78 is 34.3. The van der Waals surface area contributed by atoms with Crippen molar-refractivity contribution in [3.63, 3.8) is 0 Å². The number of benzene rings is 1. The Morgan fingerprint density at radius 3 is 1.54 bits per heavy atom. The molecule has 0 radical (unpaired) electrons. The van der Waals surface area contributed by atoms with E-state index < -0.39 is 45.7 Å². The smallest absolute Gasteiger partial charge is 0.344 e. The molecule has 2 heterocycles. The molecule has 8 atom stereocenters. The van der Waals surface area contributed by atoms with Crippen molar-refractivity contribution in [2.75, 3.05) is 6.61 Å². The van der Waals surface area contributed by atoms with Gasteiger partial charge in [0.1, 0.15) is 29.0 Å². The van der Waals surface area contributed by atoms with Gasteiger partial charge in [-0.25, -0.2) is 4.79 Å². The zero-order chi connectivity index (χ0) is 69.2. The molecule has 8 unspecified atom stereocenters. The van der Waals surface area contributed by atoms with Crippen LogP contribution in [0, 0.1) is 80.8 Å². The van der Waals surface area contributed by atoms with E-state index in [0.717, 1.165) is 101 Å². The van der Waals surface area contributed by atoms with Crippen LogP contribution in [0.2, 0.25) is 0 Å². The van der Waals surface area contributed by atoms with E-state index in [-0.39, 0.29) is 87.9 Å². The highest BCUT2D eigenvalue weighted by atomic mass is 16.6. The third-order valence-electron chi connectivity index (χ3n) is 25.0. The minimum atomic E-state index is -0.842. The van der Waals surface area contributed by atoms with Crippen molar-refractivity contribution < 1.29 is 77.6 Å². The van der Waals surface area contributed by atoms with E-state index in [1.807, 2.05) is 68.4 Å². The lowest BCUT2D eigenvalue weighted by Gasteiger charge is -2.62. The van der Waals surface area contributed by atoms with Gasteiger partial charge in [-0.3, -0.25) is 24.0 Å². The highest BCUT2D eigenvalue weighted by Gasteiger charge is 2.65. The Morgan fingerprint density at radius 1 is 0.570 bits per heavy atom. The lowest BCUT2D eigenvalue weighted by atomic mass is 9.47. The van der Waals surface area contributed by atoms with Gasteiger partial charge in [0, 0.05) is 25.2 Å². The molecule has 14 rings (SSSR count). The third kappa shape index (κ3) is 17.3. The second-order valence-corrected chi connectivity index (χ2v) is 34.3. The molecular formula is C77H124O16. The molecule has 0 aromatic heterocycles. The van der Waals surface area contributed by atoms with Gasteiger partial charge in [-0.05, 0) is 261 Å². The van der Waals surface area contributed by atoms with Crippen LogP contribution >= 0.6 is 0 Å². The zero-order valence-corrected chi connectivity index (χ0v) is 60.6. The Labute approximate surface area is 558 Å². The fourth-order valence-corrected chi connectivity index (χ4v) is 17.8. The van der Waals surface area contributed by atoms with Crippen molar-refractivity contribution >= 4 is 35.8 Å². The average Bonchev–Trinajstić information content (AvgIpc) is 1.29. The van der Waals surface area contributed by atoms with E-state index in [1.54, 1.807) is 19.9 Å². The standard InChI is InChI=1S/C19H32O2.C18H26O6.C16H26O4.C14H26O2.C10H14O2/c1-6-18(4,5)17(20)21-19(12(2)3)15-8-13-7-14(10-15)11-16(19)9-13;1-4-18(2,3)17(21)22-9-14(19)24-15-11-5-10-6-12(8-11)16(20)23-13(15)7-10;1-4-13(2,3)12(17)20-16-7-11-5-14(18,9-16)8-15(19,6-11)10-16;1-6-13(4,5)12(15)16-14(11(2)3)9-7-8-10-14;1-3-7(2)8-4-5-9(11)10(12)6-8/h12-16H,6-11H2,1-5H3;10-13,15H,4-9H2,1-3H3;11,18-19H,4-10H2,1-3H3;11H,6-10H2,1-5H3;4-7,11-12H,3H2,1-2H3. The number of aliphatic hydroxyl groups is 2. The van der Waals surface area contributed by atoms with Gasteiger partial charge in [-0.2, -0.15) is 0 Å². The number of phenols is 2. The van der Waals surface area contributed by atoms with Crippen molar-refractivity contribution in [1.29, 1.82) is 0 Å². The molecule has 4 N–H and O–H groups in total. The van der Waals surface area contributed by atoms with Gasteiger partial charge in [0.05, 0.1) is 38.8 Å². The molecule has 16 nitrogen and oxygen atoms in total. The molecule has 12 bridgehead atoms. The molecule has 11 saturated carbocycles. The first-order valence-electron chi connectivity index (χ1n) is 36.4. The number of rotatable bonds is 18. The predicted molar refractivity (Wildman–Crippen MR) is 357 cm³/mol. The molecule has 2 saturated heterocycles. The molecule has 93 heavy (non-hydrogen) atoms. The maximum Gasteiger partial charge on any atom is 0.344 e. The van der Waals surface area contributed by atoms with Crippen LogP contribution in [0.1, 0.15) is 290 Å². The Morgan fingerprint density at radius 2 is 1.06 bits per heavy atom. The summed E-state index contributed by atoms with van der Waals surface area (Å²) in [5, 5.41) is 39.6. The topological polar surface area (TPSA) is 239 Å². The summed E-state index contributed by atoms with van der Waals surface area (Å²) in [6.07, 6.45) is 21.5. The van der Waals surface area contributed by atoms with Gasteiger partial charge in [0.15, 0.2) is 18.1 Å². The predicted octanol–water partition coefficient (Wildman–Crippen LogP) is 15.8. The van der Waals surface area contributed by atoms with E-state index >= 15 is 0 Å². The fraction of sp³-hybridized carbons (Fsp3) is 0.844. The van der Waals surface area contributed by atoms with Gasteiger partial charge in [-0.15, -0.1) is 0 Å². The summed E-state index contributed by atoms with van der Waals surface area (Å²) in [5.74, 6) is 3.83. The Bertz CT molecular complexity index is 2720. The van der Waals surface area contributed by atoms with Gasteiger partial charge >= 0.3 is 35.8 Å². The van der Waals surface area contributed by atoms with Crippen LogP contribution in [-0.4, -0.2) is 103 Å². The zero-order valence-electron chi connectivity index (χ0n) is 60.6. The van der Waals surface area contributed by atoms with Crippen LogP contribution < -0.4 is 0 Å². The summed E-state index contributed by atoms with van der Waals surface area (Å²) in [4.78, 5) is 73.4. The summed E-state index contributed by atoms with van der Waals surface area (Å²) in [6.45, 7) is 36.0. The number of ether oxygens (including phenoxy) is 6. The maximum absolute atomic E-state index is 12.8.